The molecule has 2 N–H and O–H groups in total. The first-order valence-corrected chi connectivity index (χ1v) is 5.68. The van der Waals surface area contributed by atoms with Crippen LogP contribution in [0.15, 0.2) is 12.1 Å². The molecule has 2 aromatic rings. The molecule has 3 nitrogen and oxygen atoms in total. The van der Waals surface area contributed by atoms with Crippen LogP contribution in [0.5, 0.6) is 0 Å². The summed E-state index contributed by atoms with van der Waals surface area (Å²) in [5.41, 5.74) is -0.164. The number of alkyl halides is 3. The Kier molecular flexibility index (Phi) is 3.14. The third-order valence-corrected chi connectivity index (χ3v) is 2.61. The highest BCUT2D eigenvalue weighted by Gasteiger charge is 2.33. The molecule has 0 radical (unpaired) electrons. The topological polar surface area (TPSA) is 40.7 Å². The minimum atomic E-state index is -4.47. The normalized spacial score (nSPS) is 12.4. The molecule has 0 spiro atoms. The van der Waals surface area contributed by atoms with Crippen molar-refractivity contribution >= 4 is 28.6 Å². The molecule has 0 aliphatic heterocycles. The van der Waals surface area contributed by atoms with Crippen LogP contribution < -0.4 is 5.32 Å². The van der Waals surface area contributed by atoms with E-state index in [4.69, 9.17) is 11.6 Å². The molecule has 0 amide bonds. The second-order valence-corrected chi connectivity index (χ2v) is 4.64. The van der Waals surface area contributed by atoms with E-state index < -0.39 is 11.7 Å². The molecular weight excluding hydrogens is 267 g/mol. The number of hydrogen-bond donors (Lipinski definition) is 2. The predicted octanol–water partition coefficient (Wildman–Crippen LogP) is 4.06. The molecule has 2 rings (SSSR count). The fourth-order valence-electron chi connectivity index (χ4n) is 1.59. The molecule has 1 aromatic heterocycles. The molecule has 0 aliphatic rings. The van der Waals surface area contributed by atoms with Crippen LogP contribution in [0, 0.1) is 0 Å². The second-order valence-electron chi connectivity index (χ2n) is 4.23. The summed E-state index contributed by atoms with van der Waals surface area (Å²) in [7, 11) is 0. The van der Waals surface area contributed by atoms with Gasteiger partial charge >= 0.3 is 6.18 Å². The summed E-state index contributed by atoms with van der Waals surface area (Å²) in [4.78, 5) is 6.90. The van der Waals surface area contributed by atoms with Gasteiger partial charge in [-0.3, -0.25) is 0 Å². The van der Waals surface area contributed by atoms with Crippen LogP contribution in [-0.2, 0) is 6.18 Å². The Balaban J connectivity index is 2.51. The van der Waals surface area contributed by atoms with Gasteiger partial charge in [0, 0.05) is 6.04 Å². The zero-order valence-corrected chi connectivity index (χ0v) is 10.4. The van der Waals surface area contributed by atoms with Gasteiger partial charge in [0.1, 0.15) is 0 Å². The lowest BCUT2D eigenvalue weighted by molar-refractivity contribution is -0.137. The van der Waals surface area contributed by atoms with Gasteiger partial charge in [0.15, 0.2) is 0 Å². The average Bonchev–Trinajstić information content (AvgIpc) is 2.54. The van der Waals surface area contributed by atoms with Crippen molar-refractivity contribution < 1.29 is 13.2 Å². The van der Waals surface area contributed by atoms with Gasteiger partial charge in [0.25, 0.3) is 0 Å². The van der Waals surface area contributed by atoms with Gasteiger partial charge in [-0.15, -0.1) is 0 Å². The monoisotopic (exact) mass is 277 g/mol. The molecule has 7 heteroatoms. The quantitative estimate of drug-likeness (QED) is 0.869. The van der Waals surface area contributed by atoms with Crippen molar-refractivity contribution in [1.82, 2.24) is 9.97 Å². The van der Waals surface area contributed by atoms with Crippen LogP contribution in [0.2, 0.25) is 5.02 Å². The van der Waals surface area contributed by atoms with E-state index in [2.05, 4.69) is 15.3 Å². The van der Waals surface area contributed by atoms with Crippen molar-refractivity contribution in [2.75, 3.05) is 5.32 Å². The lowest BCUT2D eigenvalue weighted by Gasteiger charge is -2.07. The predicted molar refractivity (Wildman–Crippen MR) is 64.9 cm³/mol. The number of hydrogen-bond acceptors (Lipinski definition) is 2. The first-order valence-electron chi connectivity index (χ1n) is 5.30. The minimum Gasteiger partial charge on any atom is -0.354 e. The van der Waals surface area contributed by atoms with Crippen molar-refractivity contribution in [2.45, 2.75) is 26.1 Å². The van der Waals surface area contributed by atoms with Crippen molar-refractivity contribution in [2.24, 2.45) is 0 Å². The summed E-state index contributed by atoms with van der Waals surface area (Å²) in [6, 6.07) is 2.31. The smallest absolute Gasteiger partial charge is 0.354 e. The maximum atomic E-state index is 12.7. The molecule has 0 saturated carbocycles. The van der Waals surface area contributed by atoms with Gasteiger partial charge in [0.2, 0.25) is 5.95 Å². The SMILES string of the molecule is CC(C)Nc1nc2cc(Cl)c(C(F)(F)F)cc2[nH]1. The van der Waals surface area contributed by atoms with Crippen LogP contribution in [0.3, 0.4) is 0 Å². The summed E-state index contributed by atoms with van der Waals surface area (Å²) >= 11 is 5.61. The summed E-state index contributed by atoms with van der Waals surface area (Å²) in [5.74, 6) is 0.426. The third kappa shape index (κ3) is 2.53. The number of rotatable bonds is 2. The molecule has 0 aliphatic carbocycles. The van der Waals surface area contributed by atoms with Gasteiger partial charge in [-0.1, -0.05) is 11.6 Å². The van der Waals surface area contributed by atoms with Gasteiger partial charge in [-0.2, -0.15) is 13.2 Å². The van der Waals surface area contributed by atoms with Gasteiger partial charge in [-0.25, -0.2) is 4.98 Å². The summed E-state index contributed by atoms with van der Waals surface area (Å²) < 4.78 is 38.0. The first-order chi connectivity index (χ1) is 8.27. The number of nitrogens with one attached hydrogen (secondary N) is 2. The fourth-order valence-corrected chi connectivity index (χ4v) is 1.86. The summed E-state index contributed by atoms with van der Waals surface area (Å²) in [6.07, 6.45) is -4.47. The van der Waals surface area contributed by atoms with Crippen molar-refractivity contribution in [1.29, 1.82) is 0 Å². The van der Waals surface area contributed by atoms with Gasteiger partial charge in [-0.05, 0) is 26.0 Å². The lowest BCUT2D eigenvalue weighted by atomic mass is 10.2. The van der Waals surface area contributed by atoms with Crippen molar-refractivity contribution in [3.05, 3.63) is 22.7 Å². The molecule has 0 atom stereocenters. The zero-order chi connectivity index (χ0) is 13.5. The maximum Gasteiger partial charge on any atom is 0.417 e. The van der Waals surface area contributed by atoms with Crippen LogP contribution >= 0.6 is 11.6 Å². The highest BCUT2D eigenvalue weighted by Crippen LogP contribution is 2.36. The van der Waals surface area contributed by atoms with Crippen molar-refractivity contribution in [3.8, 4) is 0 Å². The minimum absolute atomic E-state index is 0.128. The van der Waals surface area contributed by atoms with Crippen LogP contribution in [-0.4, -0.2) is 16.0 Å². The Labute approximate surface area is 106 Å². The van der Waals surface area contributed by atoms with Crippen LogP contribution in [0.1, 0.15) is 19.4 Å². The van der Waals surface area contributed by atoms with E-state index in [9.17, 15) is 13.2 Å². The first kappa shape index (κ1) is 13.0. The zero-order valence-electron chi connectivity index (χ0n) is 9.69. The maximum absolute atomic E-state index is 12.7. The lowest BCUT2D eigenvalue weighted by Crippen LogP contribution is -2.10. The number of halogens is 4. The standard InChI is InChI=1S/C11H11ClF3N3/c1-5(2)16-10-17-8-3-6(11(13,14)15)7(12)4-9(8)18-10/h3-5H,1-2H3,(H2,16,17,18). The average molecular weight is 278 g/mol. The number of fused-ring (bicyclic) bond motifs is 1. The summed E-state index contributed by atoms with van der Waals surface area (Å²) in [5, 5.41) is 2.63. The third-order valence-electron chi connectivity index (χ3n) is 2.30. The fraction of sp³-hybridized carbons (Fsp3) is 0.364. The highest BCUT2D eigenvalue weighted by molar-refractivity contribution is 6.32. The number of H-pyrrole nitrogens is 1. The Morgan fingerprint density at radius 1 is 1.33 bits per heavy atom. The number of imidazole rings is 1. The molecule has 0 unspecified atom stereocenters. The number of nitrogens with zero attached hydrogens (tertiary/aromatic N) is 1. The molecule has 1 aromatic carbocycles. The van der Waals surface area contributed by atoms with Gasteiger partial charge < -0.3 is 10.3 Å². The highest BCUT2D eigenvalue weighted by atomic mass is 35.5. The largest absolute Gasteiger partial charge is 0.417 e. The Hall–Kier alpha value is -1.43. The van der Waals surface area contributed by atoms with E-state index in [1.165, 1.54) is 6.07 Å². The molecule has 1 heterocycles. The molecule has 0 fully saturated rings. The Morgan fingerprint density at radius 2 is 2.00 bits per heavy atom. The van der Waals surface area contributed by atoms with Crippen molar-refractivity contribution in [3.63, 3.8) is 0 Å². The molecule has 0 bridgehead atoms. The van der Waals surface area contributed by atoms with E-state index in [-0.39, 0.29) is 11.1 Å². The molecule has 0 saturated heterocycles. The Morgan fingerprint density at radius 3 is 2.56 bits per heavy atom. The van der Waals surface area contributed by atoms with E-state index in [0.29, 0.717) is 17.0 Å². The van der Waals surface area contributed by atoms with E-state index in [0.717, 1.165) is 6.07 Å². The van der Waals surface area contributed by atoms with E-state index in [1.807, 2.05) is 13.8 Å². The van der Waals surface area contributed by atoms with Crippen LogP contribution in [0.25, 0.3) is 11.0 Å². The second kappa shape index (κ2) is 4.35. The van der Waals surface area contributed by atoms with Gasteiger partial charge in [0.05, 0.1) is 21.6 Å². The van der Waals surface area contributed by atoms with E-state index in [1.54, 1.807) is 0 Å². The molecule has 18 heavy (non-hydrogen) atoms. The number of aromatic amines is 1. The molecule has 98 valence electrons. The molecular formula is C11H11ClF3N3. The number of anilines is 1. The summed E-state index contributed by atoms with van der Waals surface area (Å²) in [6.45, 7) is 3.81. The Bertz CT molecular complexity index is 575. The number of benzene rings is 1. The van der Waals surface area contributed by atoms with E-state index >= 15 is 0 Å². The van der Waals surface area contributed by atoms with Crippen LogP contribution in [0.4, 0.5) is 19.1 Å². The number of aromatic nitrogens is 2.